The van der Waals surface area contributed by atoms with Gasteiger partial charge in [0.1, 0.15) is 5.71 Å². The Morgan fingerprint density at radius 2 is 1.95 bits per heavy atom. The lowest BCUT2D eigenvalue weighted by atomic mass is 10.1. The van der Waals surface area contributed by atoms with E-state index in [1.54, 1.807) is 11.9 Å². The van der Waals surface area contributed by atoms with E-state index >= 15 is 0 Å². The third kappa shape index (κ3) is 3.18. The van der Waals surface area contributed by atoms with Crippen LogP contribution in [0.4, 0.5) is 5.69 Å². The van der Waals surface area contributed by atoms with Crippen LogP contribution < -0.4 is 4.90 Å². The molecule has 0 radical (unpaired) electrons. The first-order valence-electron chi connectivity index (χ1n) is 7.56. The summed E-state index contributed by atoms with van der Waals surface area (Å²) in [4.78, 5) is 26.2. The van der Waals surface area contributed by atoms with Gasteiger partial charge in [0.2, 0.25) is 5.91 Å². The number of amides is 2. The average Bonchev–Trinajstić information content (AvgIpc) is 2.45. The highest BCUT2D eigenvalue weighted by Crippen LogP contribution is 2.25. The van der Waals surface area contributed by atoms with Crippen LogP contribution in [0, 0.1) is 13.8 Å². The monoisotopic (exact) mass is 301 g/mol. The lowest BCUT2D eigenvalue weighted by molar-refractivity contribution is -0.130. The minimum absolute atomic E-state index is 0.0126. The molecule has 2 amide bonds. The van der Waals surface area contributed by atoms with Crippen molar-refractivity contribution < 1.29 is 9.59 Å². The highest BCUT2D eigenvalue weighted by atomic mass is 16.2. The zero-order valence-corrected chi connectivity index (χ0v) is 13.9. The summed E-state index contributed by atoms with van der Waals surface area (Å²) < 4.78 is 0. The molecule has 0 N–H and O–H groups in total. The molecule has 1 aliphatic heterocycles. The Morgan fingerprint density at radius 1 is 1.27 bits per heavy atom. The number of carbonyl (C=O) groups is 2. The third-order valence-corrected chi connectivity index (χ3v) is 3.81. The first-order valence-corrected chi connectivity index (χ1v) is 7.56. The van der Waals surface area contributed by atoms with E-state index in [1.165, 1.54) is 5.01 Å². The molecular formula is C17H23N3O2. The second-order valence-corrected chi connectivity index (χ2v) is 6.02. The molecule has 1 aromatic carbocycles. The normalized spacial score (nSPS) is 15.1. The SMILES string of the molecule is Cc1ccc(C)c(N(C(=O)C2=NN(C)C(=O)CC2)C(C)C)c1. The summed E-state index contributed by atoms with van der Waals surface area (Å²) >= 11 is 0. The predicted octanol–water partition coefficient (Wildman–Crippen LogP) is 2.65. The summed E-state index contributed by atoms with van der Waals surface area (Å²) in [5.74, 6) is -0.178. The molecule has 0 saturated heterocycles. The number of hydrogen-bond acceptors (Lipinski definition) is 3. The van der Waals surface area contributed by atoms with Gasteiger partial charge in [-0.1, -0.05) is 12.1 Å². The van der Waals surface area contributed by atoms with Crippen LogP contribution in [0.15, 0.2) is 23.3 Å². The zero-order valence-electron chi connectivity index (χ0n) is 13.9. The molecule has 0 bridgehead atoms. The highest BCUT2D eigenvalue weighted by molar-refractivity contribution is 6.44. The Balaban J connectivity index is 2.40. The number of aryl methyl sites for hydroxylation is 2. The molecule has 5 nitrogen and oxygen atoms in total. The van der Waals surface area contributed by atoms with E-state index in [0.29, 0.717) is 18.6 Å². The Bertz CT molecular complexity index is 635. The van der Waals surface area contributed by atoms with Crippen molar-refractivity contribution in [3.8, 4) is 0 Å². The van der Waals surface area contributed by atoms with Gasteiger partial charge in [0.05, 0.1) is 0 Å². The van der Waals surface area contributed by atoms with Gasteiger partial charge in [-0.3, -0.25) is 9.59 Å². The summed E-state index contributed by atoms with van der Waals surface area (Å²) in [6, 6.07) is 6.09. The number of carbonyl (C=O) groups excluding carboxylic acids is 2. The van der Waals surface area contributed by atoms with Crippen LogP contribution in [0.5, 0.6) is 0 Å². The first-order chi connectivity index (χ1) is 10.3. The third-order valence-electron chi connectivity index (χ3n) is 3.81. The Hall–Kier alpha value is -2.17. The summed E-state index contributed by atoms with van der Waals surface area (Å²) in [6.07, 6.45) is 0.732. The quantitative estimate of drug-likeness (QED) is 0.862. The van der Waals surface area contributed by atoms with E-state index < -0.39 is 0 Å². The molecule has 0 spiro atoms. The van der Waals surface area contributed by atoms with E-state index in [-0.39, 0.29) is 17.9 Å². The molecule has 2 rings (SSSR count). The minimum Gasteiger partial charge on any atom is -0.304 e. The van der Waals surface area contributed by atoms with Gasteiger partial charge >= 0.3 is 0 Å². The second kappa shape index (κ2) is 6.30. The van der Waals surface area contributed by atoms with Crippen molar-refractivity contribution in [3.05, 3.63) is 29.3 Å². The summed E-state index contributed by atoms with van der Waals surface area (Å²) in [5.41, 5.74) is 3.50. The fraction of sp³-hybridized carbons (Fsp3) is 0.471. The van der Waals surface area contributed by atoms with Gasteiger partial charge in [-0.2, -0.15) is 5.10 Å². The van der Waals surface area contributed by atoms with E-state index in [4.69, 9.17) is 0 Å². The molecule has 22 heavy (non-hydrogen) atoms. The maximum absolute atomic E-state index is 12.9. The van der Waals surface area contributed by atoms with Gasteiger partial charge < -0.3 is 4.90 Å². The van der Waals surface area contributed by atoms with Crippen LogP contribution in [-0.4, -0.2) is 35.6 Å². The molecule has 0 atom stereocenters. The number of benzene rings is 1. The van der Waals surface area contributed by atoms with E-state index in [9.17, 15) is 9.59 Å². The van der Waals surface area contributed by atoms with Crippen LogP contribution in [0.25, 0.3) is 0 Å². The molecule has 0 unspecified atom stereocenters. The zero-order chi connectivity index (χ0) is 16.4. The molecule has 0 saturated carbocycles. The van der Waals surface area contributed by atoms with Crippen LogP contribution in [0.2, 0.25) is 0 Å². The Labute approximate surface area is 131 Å². The van der Waals surface area contributed by atoms with Gasteiger partial charge in [-0.25, -0.2) is 5.01 Å². The number of nitrogens with zero attached hydrogens (tertiary/aromatic N) is 3. The van der Waals surface area contributed by atoms with Crippen LogP contribution in [0.3, 0.4) is 0 Å². The number of rotatable bonds is 3. The molecule has 5 heteroatoms. The maximum atomic E-state index is 12.9. The standard InChI is InChI=1S/C17H23N3O2/c1-11(2)20(15-10-12(3)6-7-13(15)4)17(22)14-8-9-16(21)19(5)18-14/h6-7,10-11H,8-9H2,1-5H3. The van der Waals surface area contributed by atoms with Gasteiger partial charge in [0.25, 0.3) is 5.91 Å². The van der Waals surface area contributed by atoms with Crippen molar-refractivity contribution in [1.82, 2.24) is 5.01 Å². The average molecular weight is 301 g/mol. The van der Waals surface area contributed by atoms with Crippen molar-refractivity contribution in [1.29, 1.82) is 0 Å². The van der Waals surface area contributed by atoms with Crippen molar-refractivity contribution >= 4 is 23.2 Å². The Morgan fingerprint density at radius 3 is 2.55 bits per heavy atom. The van der Waals surface area contributed by atoms with Gasteiger partial charge in [0, 0.05) is 31.6 Å². The van der Waals surface area contributed by atoms with Crippen molar-refractivity contribution in [3.63, 3.8) is 0 Å². The number of anilines is 1. The smallest absolute Gasteiger partial charge is 0.274 e. The summed E-state index contributed by atoms with van der Waals surface area (Å²) in [7, 11) is 1.59. The molecule has 1 aliphatic rings. The molecule has 1 aromatic rings. The molecule has 0 aliphatic carbocycles. The summed E-state index contributed by atoms with van der Waals surface area (Å²) in [5, 5.41) is 5.42. The van der Waals surface area contributed by atoms with Crippen LogP contribution >= 0.6 is 0 Å². The Kier molecular flexibility index (Phi) is 4.64. The van der Waals surface area contributed by atoms with Crippen LogP contribution in [-0.2, 0) is 9.59 Å². The number of hydrazone groups is 1. The van der Waals surface area contributed by atoms with Crippen molar-refractivity contribution in [2.45, 2.75) is 46.6 Å². The lowest BCUT2D eigenvalue weighted by Gasteiger charge is -2.30. The van der Waals surface area contributed by atoms with Crippen LogP contribution in [0.1, 0.15) is 37.8 Å². The maximum Gasteiger partial charge on any atom is 0.274 e. The summed E-state index contributed by atoms with van der Waals surface area (Å²) in [6.45, 7) is 7.97. The molecular weight excluding hydrogens is 278 g/mol. The van der Waals surface area contributed by atoms with Gasteiger partial charge in [-0.15, -0.1) is 0 Å². The van der Waals surface area contributed by atoms with Crippen molar-refractivity contribution in [2.24, 2.45) is 5.10 Å². The van der Waals surface area contributed by atoms with Crippen molar-refractivity contribution in [2.75, 3.05) is 11.9 Å². The second-order valence-electron chi connectivity index (χ2n) is 6.02. The first kappa shape index (κ1) is 16.2. The van der Waals surface area contributed by atoms with E-state index in [2.05, 4.69) is 5.10 Å². The highest BCUT2D eigenvalue weighted by Gasteiger charge is 2.29. The fourth-order valence-electron chi connectivity index (χ4n) is 2.56. The molecule has 118 valence electrons. The minimum atomic E-state index is -0.122. The molecule has 1 heterocycles. The van der Waals surface area contributed by atoms with E-state index in [0.717, 1.165) is 16.8 Å². The van der Waals surface area contributed by atoms with Gasteiger partial charge in [0.15, 0.2) is 0 Å². The fourth-order valence-corrected chi connectivity index (χ4v) is 2.56. The predicted molar refractivity (Wildman–Crippen MR) is 88.0 cm³/mol. The molecule has 0 aromatic heterocycles. The lowest BCUT2D eigenvalue weighted by Crippen LogP contribution is -2.44. The molecule has 0 fully saturated rings. The van der Waals surface area contributed by atoms with Gasteiger partial charge in [-0.05, 0) is 44.9 Å². The largest absolute Gasteiger partial charge is 0.304 e. The number of hydrogen-bond donors (Lipinski definition) is 0. The van der Waals surface area contributed by atoms with E-state index in [1.807, 2.05) is 45.9 Å². The topological polar surface area (TPSA) is 53.0 Å².